The minimum atomic E-state index is -0.453. The van der Waals surface area contributed by atoms with Crippen molar-refractivity contribution in [1.82, 2.24) is 10.2 Å². The van der Waals surface area contributed by atoms with Gasteiger partial charge < -0.3 is 16.0 Å². The molecule has 0 saturated heterocycles. The molecule has 0 radical (unpaired) electrons. The molecule has 106 valence electrons. The zero-order chi connectivity index (χ0) is 14.1. The van der Waals surface area contributed by atoms with Gasteiger partial charge in [-0.15, -0.1) is 0 Å². The van der Waals surface area contributed by atoms with E-state index in [4.69, 9.17) is 5.73 Å². The maximum absolute atomic E-state index is 11.9. The van der Waals surface area contributed by atoms with Gasteiger partial charge in [-0.1, -0.05) is 6.92 Å². The van der Waals surface area contributed by atoms with Crippen LogP contribution in [-0.4, -0.2) is 42.4 Å². The highest BCUT2D eigenvalue weighted by Crippen LogP contribution is 2.03. The Hall–Kier alpha value is -1.10. The molecule has 3 N–H and O–H groups in total. The number of carbonyl (C=O) groups is 2. The Kier molecular flexibility index (Phi) is 8.37. The predicted octanol–water partition coefficient (Wildman–Crippen LogP) is 0.735. The highest BCUT2D eigenvalue weighted by molar-refractivity contribution is 5.87. The number of nitrogens with one attached hydrogen (secondary N) is 1. The summed E-state index contributed by atoms with van der Waals surface area (Å²) >= 11 is 0. The molecule has 5 heteroatoms. The molecule has 0 heterocycles. The second-order valence-corrected chi connectivity index (χ2v) is 4.68. The van der Waals surface area contributed by atoms with Crippen LogP contribution in [0.5, 0.6) is 0 Å². The highest BCUT2D eigenvalue weighted by Gasteiger charge is 2.19. The van der Waals surface area contributed by atoms with E-state index in [1.54, 1.807) is 11.8 Å². The van der Waals surface area contributed by atoms with Gasteiger partial charge in [0.15, 0.2) is 0 Å². The zero-order valence-electron chi connectivity index (χ0n) is 12.0. The van der Waals surface area contributed by atoms with Crippen LogP contribution in [0.1, 0.15) is 40.5 Å². The average molecular weight is 257 g/mol. The number of amides is 2. The number of carbonyl (C=O) groups excluding carboxylic acids is 2. The Balaban J connectivity index is 4.10. The molecule has 0 aromatic rings. The topological polar surface area (TPSA) is 75.4 Å². The molecule has 0 bridgehead atoms. The van der Waals surface area contributed by atoms with Crippen LogP contribution in [0.4, 0.5) is 0 Å². The summed E-state index contributed by atoms with van der Waals surface area (Å²) in [6.45, 7) is 9.52. The van der Waals surface area contributed by atoms with Crippen LogP contribution >= 0.6 is 0 Å². The fraction of sp³-hybridized carbons (Fsp3) is 0.846. The van der Waals surface area contributed by atoms with E-state index in [-0.39, 0.29) is 11.8 Å². The van der Waals surface area contributed by atoms with Gasteiger partial charge in [-0.2, -0.15) is 0 Å². The van der Waals surface area contributed by atoms with Gasteiger partial charge in [-0.3, -0.25) is 9.59 Å². The molecule has 0 aromatic carbocycles. The van der Waals surface area contributed by atoms with Gasteiger partial charge in [0.05, 0.1) is 0 Å². The molecule has 0 aliphatic carbocycles. The molecule has 0 spiro atoms. The number of nitrogens with zero attached hydrogens (tertiary/aromatic N) is 1. The number of rotatable bonds is 8. The van der Waals surface area contributed by atoms with Gasteiger partial charge in [0, 0.05) is 19.5 Å². The average Bonchev–Trinajstić information content (AvgIpc) is 2.36. The van der Waals surface area contributed by atoms with Crippen LogP contribution in [0.15, 0.2) is 0 Å². The molecule has 0 aliphatic heterocycles. The summed E-state index contributed by atoms with van der Waals surface area (Å²) in [5.74, 6) is 0.230. The molecule has 2 atom stereocenters. The van der Waals surface area contributed by atoms with E-state index in [1.807, 2.05) is 20.8 Å². The first-order valence-electron chi connectivity index (χ1n) is 6.74. The van der Waals surface area contributed by atoms with E-state index >= 15 is 0 Å². The van der Waals surface area contributed by atoms with Crippen LogP contribution in [0.3, 0.4) is 0 Å². The van der Waals surface area contributed by atoms with Crippen molar-refractivity contribution < 1.29 is 9.59 Å². The van der Waals surface area contributed by atoms with Gasteiger partial charge in [0.25, 0.3) is 0 Å². The van der Waals surface area contributed by atoms with E-state index in [1.165, 1.54) is 0 Å². The number of hydrogen-bond acceptors (Lipinski definition) is 3. The summed E-state index contributed by atoms with van der Waals surface area (Å²) in [6.07, 6.45) is 1.18. The molecule has 2 unspecified atom stereocenters. The highest BCUT2D eigenvalue weighted by atomic mass is 16.2. The molecule has 0 fully saturated rings. The number of likely N-dealkylation sites (N-methyl/N-ethyl adjacent to an activating group) is 1. The molecule has 2 amide bonds. The van der Waals surface area contributed by atoms with Crippen LogP contribution in [0.25, 0.3) is 0 Å². The van der Waals surface area contributed by atoms with E-state index in [0.717, 1.165) is 6.42 Å². The maximum Gasteiger partial charge on any atom is 0.244 e. The third kappa shape index (κ3) is 6.00. The standard InChI is InChI=1S/C13H27N3O2/c1-5-16(6-2)13(18)11(4)15-12(17)8-7-10(3)9-14/h10-11H,5-9,14H2,1-4H3,(H,15,17). The Morgan fingerprint density at radius 1 is 1.22 bits per heavy atom. The molecule has 0 aliphatic rings. The van der Waals surface area contributed by atoms with Crippen LogP contribution in [0, 0.1) is 5.92 Å². The van der Waals surface area contributed by atoms with Gasteiger partial charge in [0.2, 0.25) is 11.8 Å². The fourth-order valence-corrected chi connectivity index (χ4v) is 1.68. The van der Waals surface area contributed by atoms with Crippen molar-refractivity contribution in [2.75, 3.05) is 19.6 Å². The van der Waals surface area contributed by atoms with Crippen molar-refractivity contribution in [1.29, 1.82) is 0 Å². The Labute approximate surface area is 110 Å². The Morgan fingerprint density at radius 3 is 2.22 bits per heavy atom. The van der Waals surface area contributed by atoms with Crippen molar-refractivity contribution in [2.45, 2.75) is 46.6 Å². The minimum Gasteiger partial charge on any atom is -0.345 e. The van der Waals surface area contributed by atoms with Crippen molar-refractivity contribution in [3.8, 4) is 0 Å². The molecule has 0 saturated carbocycles. The third-order valence-electron chi connectivity index (χ3n) is 3.09. The number of hydrogen-bond donors (Lipinski definition) is 2. The first-order valence-corrected chi connectivity index (χ1v) is 6.74. The van der Waals surface area contributed by atoms with Gasteiger partial charge in [-0.25, -0.2) is 0 Å². The molecular weight excluding hydrogens is 230 g/mol. The normalized spacial score (nSPS) is 13.8. The Morgan fingerprint density at radius 2 is 1.78 bits per heavy atom. The summed E-state index contributed by atoms with van der Waals surface area (Å²) < 4.78 is 0. The lowest BCUT2D eigenvalue weighted by Crippen LogP contribution is -2.46. The lowest BCUT2D eigenvalue weighted by atomic mass is 10.1. The molecule has 5 nitrogen and oxygen atoms in total. The lowest BCUT2D eigenvalue weighted by Gasteiger charge is -2.23. The molecular formula is C13H27N3O2. The van der Waals surface area contributed by atoms with Gasteiger partial charge in [-0.05, 0) is 39.7 Å². The second kappa shape index (κ2) is 8.91. The van der Waals surface area contributed by atoms with E-state index in [0.29, 0.717) is 32.0 Å². The fourth-order valence-electron chi connectivity index (χ4n) is 1.68. The van der Waals surface area contributed by atoms with E-state index < -0.39 is 6.04 Å². The smallest absolute Gasteiger partial charge is 0.244 e. The summed E-state index contributed by atoms with van der Waals surface area (Å²) in [4.78, 5) is 25.3. The largest absolute Gasteiger partial charge is 0.345 e. The van der Waals surface area contributed by atoms with Crippen molar-refractivity contribution in [3.05, 3.63) is 0 Å². The van der Waals surface area contributed by atoms with Crippen LogP contribution in [0.2, 0.25) is 0 Å². The monoisotopic (exact) mass is 257 g/mol. The van der Waals surface area contributed by atoms with Gasteiger partial charge in [0.1, 0.15) is 6.04 Å². The predicted molar refractivity (Wildman–Crippen MR) is 73.0 cm³/mol. The summed E-state index contributed by atoms with van der Waals surface area (Å²) in [7, 11) is 0. The quantitative estimate of drug-likeness (QED) is 0.673. The second-order valence-electron chi connectivity index (χ2n) is 4.68. The summed E-state index contributed by atoms with van der Waals surface area (Å²) in [5.41, 5.74) is 5.49. The van der Waals surface area contributed by atoms with Crippen molar-refractivity contribution >= 4 is 11.8 Å². The summed E-state index contributed by atoms with van der Waals surface area (Å²) in [5, 5.41) is 2.74. The first-order chi connectivity index (χ1) is 8.46. The summed E-state index contributed by atoms with van der Waals surface area (Å²) in [6, 6.07) is -0.453. The zero-order valence-corrected chi connectivity index (χ0v) is 12.0. The molecule has 0 rings (SSSR count). The third-order valence-corrected chi connectivity index (χ3v) is 3.09. The maximum atomic E-state index is 11.9. The van der Waals surface area contributed by atoms with Crippen LogP contribution in [-0.2, 0) is 9.59 Å². The lowest BCUT2D eigenvalue weighted by molar-refractivity contribution is -0.135. The van der Waals surface area contributed by atoms with E-state index in [9.17, 15) is 9.59 Å². The first kappa shape index (κ1) is 16.9. The van der Waals surface area contributed by atoms with Crippen molar-refractivity contribution in [3.63, 3.8) is 0 Å². The molecule has 0 aromatic heterocycles. The SMILES string of the molecule is CCN(CC)C(=O)C(C)NC(=O)CCC(C)CN. The number of nitrogens with two attached hydrogens (primary N) is 1. The van der Waals surface area contributed by atoms with Crippen molar-refractivity contribution in [2.24, 2.45) is 11.7 Å². The van der Waals surface area contributed by atoms with Crippen LogP contribution < -0.4 is 11.1 Å². The molecule has 18 heavy (non-hydrogen) atoms. The van der Waals surface area contributed by atoms with E-state index in [2.05, 4.69) is 5.32 Å². The van der Waals surface area contributed by atoms with Gasteiger partial charge >= 0.3 is 0 Å². The Bertz CT molecular complexity index is 265. The minimum absolute atomic E-state index is 0.0276.